The van der Waals surface area contributed by atoms with Crippen molar-refractivity contribution in [2.24, 2.45) is 0 Å². The summed E-state index contributed by atoms with van der Waals surface area (Å²) in [5.41, 5.74) is 1.70. The maximum atomic E-state index is 12.2. The number of sulfonamides is 1. The lowest BCUT2D eigenvalue weighted by Gasteiger charge is -2.09. The molecule has 3 rings (SSSR count). The van der Waals surface area contributed by atoms with Gasteiger partial charge >= 0.3 is 0 Å². The highest BCUT2D eigenvalue weighted by Crippen LogP contribution is 2.42. The lowest BCUT2D eigenvalue weighted by Crippen LogP contribution is -2.33. The van der Waals surface area contributed by atoms with Crippen molar-refractivity contribution in [1.82, 2.24) is 14.9 Å². The van der Waals surface area contributed by atoms with Gasteiger partial charge in [0.25, 0.3) is 5.91 Å². The summed E-state index contributed by atoms with van der Waals surface area (Å²) in [6, 6.07) is 11.0. The quantitative estimate of drug-likeness (QED) is 0.758. The third kappa shape index (κ3) is 4.78. The van der Waals surface area contributed by atoms with Gasteiger partial charge in [0.2, 0.25) is 10.0 Å². The van der Waals surface area contributed by atoms with Crippen LogP contribution in [0.4, 0.5) is 0 Å². The molecule has 1 saturated carbocycles. The summed E-state index contributed by atoms with van der Waals surface area (Å²) in [7, 11) is -2.25. The molecule has 0 atom stereocenters. The van der Waals surface area contributed by atoms with E-state index in [1.165, 1.54) is 13.2 Å². The van der Waals surface area contributed by atoms with Crippen LogP contribution in [0, 0.1) is 0 Å². The number of methoxy groups -OCH3 is 1. The van der Waals surface area contributed by atoms with E-state index in [0.29, 0.717) is 24.5 Å². The summed E-state index contributed by atoms with van der Waals surface area (Å²) in [4.78, 5) is 12.2. The summed E-state index contributed by atoms with van der Waals surface area (Å²) in [5, 5.41) is 7.89. The predicted molar refractivity (Wildman–Crippen MR) is 96.6 cm³/mol. The van der Waals surface area contributed by atoms with Crippen molar-refractivity contribution in [3.63, 3.8) is 0 Å². The summed E-state index contributed by atoms with van der Waals surface area (Å²) < 4.78 is 31.6. The van der Waals surface area contributed by atoms with Crippen LogP contribution in [0.5, 0.6) is 5.75 Å². The first-order valence-corrected chi connectivity index (χ1v) is 10.1. The highest BCUT2D eigenvalue weighted by Gasteiger charge is 2.30. The predicted octanol–water partition coefficient (Wildman–Crippen LogP) is 2.05. The lowest BCUT2D eigenvalue weighted by molar-refractivity contribution is 0.0975. The molecule has 138 valence electrons. The van der Waals surface area contributed by atoms with Gasteiger partial charge in [0.05, 0.1) is 12.9 Å². The maximum Gasteiger partial charge on any atom is 0.285 e. The van der Waals surface area contributed by atoms with Crippen LogP contribution in [-0.4, -0.2) is 37.4 Å². The van der Waals surface area contributed by atoms with E-state index < -0.39 is 15.9 Å². The van der Waals surface area contributed by atoms with Crippen LogP contribution in [0.2, 0.25) is 0 Å². The van der Waals surface area contributed by atoms with Crippen LogP contribution in [0.1, 0.15) is 46.9 Å². The third-order valence-electron chi connectivity index (χ3n) is 4.17. The van der Waals surface area contributed by atoms with Crippen LogP contribution in [0.25, 0.3) is 0 Å². The molecule has 1 fully saturated rings. The number of carbonyl (C=O) groups excluding carboxylic acids is 1. The zero-order valence-corrected chi connectivity index (χ0v) is 15.3. The minimum absolute atomic E-state index is 0.0714. The molecular formula is C18H21N3O4S. The van der Waals surface area contributed by atoms with Gasteiger partial charge in [-0.2, -0.15) is 5.10 Å². The van der Waals surface area contributed by atoms with E-state index in [9.17, 15) is 13.2 Å². The number of nitrogens with one attached hydrogen (secondary N) is 1. The maximum absolute atomic E-state index is 12.2. The van der Waals surface area contributed by atoms with E-state index in [-0.39, 0.29) is 11.4 Å². The van der Waals surface area contributed by atoms with Gasteiger partial charge in [-0.3, -0.25) is 4.79 Å². The number of amides is 1. The lowest BCUT2D eigenvalue weighted by atomic mass is 10.1. The van der Waals surface area contributed by atoms with Crippen molar-refractivity contribution in [2.45, 2.75) is 31.6 Å². The van der Waals surface area contributed by atoms with E-state index in [2.05, 4.69) is 10.2 Å². The number of hydrogen-bond acceptors (Lipinski definition) is 6. The van der Waals surface area contributed by atoms with E-state index in [0.717, 1.165) is 24.1 Å². The minimum Gasteiger partial charge on any atom is -0.495 e. The molecule has 1 N–H and O–H groups in total. The molecule has 1 amide bonds. The number of ether oxygens (including phenoxy) is 1. The van der Waals surface area contributed by atoms with E-state index >= 15 is 0 Å². The van der Waals surface area contributed by atoms with Crippen LogP contribution in [0.15, 0.2) is 36.4 Å². The molecule has 8 heteroatoms. The van der Waals surface area contributed by atoms with Crippen molar-refractivity contribution < 1.29 is 17.9 Å². The monoisotopic (exact) mass is 375 g/mol. The standard InChI is InChI=1S/C18H21N3O4S/c1-25-16-12-15(19-20-17(16)14-9-10-14)18(22)21-26(23,24)11-5-8-13-6-3-2-4-7-13/h2-4,6-7,12,14H,5,8-11H2,1H3,(H,21,22). The Morgan fingerprint density at radius 3 is 2.62 bits per heavy atom. The fourth-order valence-corrected chi connectivity index (χ4v) is 3.67. The molecule has 1 aliphatic rings. The largest absolute Gasteiger partial charge is 0.495 e. The second kappa shape index (κ2) is 7.82. The highest BCUT2D eigenvalue weighted by atomic mass is 32.2. The molecule has 7 nitrogen and oxygen atoms in total. The molecule has 0 radical (unpaired) electrons. The summed E-state index contributed by atoms with van der Waals surface area (Å²) in [5.74, 6) is -0.151. The van der Waals surface area contributed by atoms with Crippen molar-refractivity contribution in [3.8, 4) is 5.75 Å². The normalized spacial score (nSPS) is 14.0. The van der Waals surface area contributed by atoms with Crippen LogP contribution in [0.3, 0.4) is 0 Å². The first-order chi connectivity index (χ1) is 12.5. The third-order valence-corrected chi connectivity index (χ3v) is 5.49. The average Bonchev–Trinajstić information content (AvgIpc) is 3.46. The van der Waals surface area contributed by atoms with E-state index in [1.807, 2.05) is 35.1 Å². The van der Waals surface area contributed by atoms with E-state index in [4.69, 9.17) is 4.74 Å². The Kier molecular flexibility index (Phi) is 5.51. The Morgan fingerprint density at radius 1 is 1.23 bits per heavy atom. The minimum atomic E-state index is -3.74. The topological polar surface area (TPSA) is 98.2 Å². The van der Waals surface area contributed by atoms with Crippen molar-refractivity contribution in [1.29, 1.82) is 0 Å². The van der Waals surface area contributed by atoms with Crippen molar-refractivity contribution in [2.75, 3.05) is 12.9 Å². The molecule has 0 bridgehead atoms. The average molecular weight is 375 g/mol. The number of hydrogen-bond donors (Lipinski definition) is 1. The molecule has 26 heavy (non-hydrogen) atoms. The second-order valence-electron chi connectivity index (χ2n) is 6.30. The van der Waals surface area contributed by atoms with E-state index in [1.54, 1.807) is 0 Å². The van der Waals surface area contributed by atoms with Gasteiger partial charge in [-0.1, -0.05) is 30.3 Å². The Hall–Kier alpha value is -2.48. The fraction of sp³-hybridized carbons (Fsp3) is 0.389. The molecule has 0 unspecified atom stereocenters. The number of carbonyl (C=O) groups is 1. The molecule has 1 aromatic carbocycles. The first-order valence-electron chi connectivity index (χ1n) is 8.49. The number of rotatable bonds is 8. The zero-order valence-electron chi connectivity index (χ0n) is 14.5. The number of benzene rings is 1. The molecule has 1 heterocycles. The smallest absolute Gasteiger partial charge is 0.285 e. The fourth-order valence-electron chi connectivity index (χ4n) is 2.65. The number of aryl methyl sites for hydroxylation is 1. The molecule has 0 saturated heterocycles. The van der Waals surface area contributed by atoms with Crippen LogP contribution in [-0.2, 0) is 16.4 Å². The Labute approximate surface area is 152 Å². The van der Waals surface area contributed by atoms with Crippen molar-refractivity contribution >= 4 is 15.9 Å². The Bertz CT molecular complexity index is 881. The second-order valence-corrected chi connectivity index (χ2v) is 8.14. The van der Waals surface area contributed by atoms with Gasteiger partial charge in [-0.15, -0.1) is 5.10 Å². The summed E-state index contributed by atoms with van der Waals surface area (Å²) in [6.07, 6.45) is 3.08. The number of aromatic nitrogens is 2. The molecule has 0 spiro atoms. The molecular weight excluding hydrogens is 354 g/mol. The van der Waals surface area contributed by atoms with Crippen LogP contribution >= 0.6 is 0 Å². The van der Waals surface area contributed by atoms with Gasteiger partial charge in [-0.25, -0.2) is 13.1 Å². The molecule has 0 aliphatic heterocycles. The summed E-state index contributed by atoms with van der Waals surface area (Å²) in [6.45, 7) is 0. The Balaban J connectivity index is 1.59. The van der Waals surface area contributed by atoms with Gasteiger partial charge in [0.15, 0.2) is 5.69 Å². The van der Waals surface area contributed by atoms with Gasteiger partial charge < -0.3 is 4.74 Å². The molecule has 1 aliphatic carbocycles. The Morgan fingerprint density at radius 2 is 1.96 bits per heavy atom. The van der Waals surface area contributed by atoms with Gasteiger partial charge in [-0.05, 0) is 31.2 Å². The SMILES string of the molecule is COc1cc(C(=O)NS(=O)(=O)CCCc2ccccc2)nnc1C1CC1. The molecule has 2 aromatic rings. The molecule has 1 aromatic heterocycles. The van der Waals surface area contributed by atoms with Crippen LogP contribution < -0.4 is 9.46 Å². The van der Waals surface area contributed by atoms with Gasteiger partial charge in [0.1, 0.15) is 11.4 Å². The van der Waals surface area contributed by atoms with Gasteiger partial charge in [0, 0.05) is 12.0 Å². The summed E-state index contributed by atoms with van der Waals surface area (Å²) >= 11 is 0. The van der Waals surface area contributed by atoms with Crippen molar-refractivity contribution in [3.05, 3.63) is 53.3 Å². The zero-order chi connectivity index (χ0) is 18.6. The highest BCUT2D eigenvalue weighted by molar-refractivity contribution is 7.90. The number of nitrogens with zero attached hydrogens (tertiary/aromatic N) is 2. The first kappa shape index (κ1) is 18.3.